The molecule has 0 bridgehead atoms. The van der Waals surface area contributed by atoms with E-state index in [1.807, 2.05) is 48.5 Å². The third-order valence-electron chi connectivity index (χ3n) is 16.9. The van der Waals surface area contributed by atoms with Crippen LogP contribution in [0, 0.1) is 0 Å². The maximum Gasteiger partial charge on any atom is 0.135 e. The van der Waals surface area contributed by atoms with Crippen molar-refractivity contribution in [2.24, 2.45) is 0 Å². The summed E-state index contributed by atoms with van der Waals surface area (Å²) in [6.45, 7) is 0. The van der Waals surface area contributed by atoms with Gasteiger partial charge in [0.05, 0.1) is 10.8 Å². The van der Waals surface area contributed by atoms with Gasteiger partial charge in [-0.1, -0.05) is 158 Å². The van der Waals surface area contributed by atoms with Crippen LogP contribution in [0.25, 0.3) is 55.3 Å². The van der Waals surface area contributed by atoms with E-state index in [1.165, 1.54) is 5.56 Å². The van der Waals surface area contributed by atoms with E-state index in [4.69, 9.17) is 82.9 Å². The summed E-state index contributed by atoms with van der Waals surface area (Å²) in [6.07, 6.45) is 0. The molecule has 2 aliphatic rings. The topological polar surface area (TPSA) is 16.4 Å². The smallest absolute Gasteiger partial charge is 0.135 e. The second kappa shape index (κ2) is 18.6. The predicted molar refractivity (Wildman–Crippen MR) is 342 cm³/mol. The minimum atomic E-state index is -1.58. The van der Waals surface area contributed by atoms with E-state index >= 15 is 0 Å². The van der Waals surface area contributed by atoms with Crippen LogP contribution in [0.5, 0.6) is 0 Å². The molecule has 12 aromatic rings. The first kappa shape index (κ1) is 49.9. The van der Waals surface area contributed by atoms with Gasteiger partial charge in [-0.3, -0.25) is 0 Å². The first-order valence-electron chi connectivity index (χ1n) is 26.3. The van der Waals surface area contributed by atoms with Crippen molar-refractivity contribution in [3.05, 3.63) is 257 Å². The van der Waals surface area contributed by atoms with Crippen LogP contribution >= 0.6 is 0 Å². The largest absolute Gasteiger partial charge is 0.456 e. The second-order valence-corrected chi connectivity index (χ2v) is 20.9. The molecule has 80 heavy (non-hydrogen) atoms. The minimum absolute atomic E-state index is 0.0428. The molecule has 2 nitrogen and oxygen atoms in total. The molecule has 0 spiro atoms. The quantitative estimate of drug-likeness (QED) is 0.190. The minimum Gasteiger partial charge on any atom is -0.456 e. The molecule has 0 saturated carbocycles. The Kier molecular flexibility index (Phi) is 11.6. The van der Waals surface area contributed by atoms with Crippen LogP contribution in [0.4, 0.5) is 17.1 Å². The number of rotatable bonds is 8. The standard InChI is InChI=1S/C68H35B10NO/c69-57-55(58(70)62(74)65(77)61(57)73)68(56-59(71)63(75)66(78)64(76)60(56)72)50-24-11-8-21-44(50)46-30-28-42(35-52(46)68)79(40-19-13-14-36(32-40)37-26-31-54-48(33-37)47-22-9-12-25-53(47)80-54)41-27-29-45-43-20-7-10-23-49(43)67(51(45)34-41,38-15-3-1-4-16-38)39-17-5-2-6-18-39/h1-35H. The van der Waals surface area contributed by atoms with Gasteiger partial charge < -0.3 is 9.32 Å². The molecule has 0 saturated heterocycles. The summed E-state index contributed by atoms with van der Waals surface area (Å²) >= 11 is 0. The zero-order valence-electron chi connectivity index (χ0n) is 43.3. The van der Waals surface area contributed by atoms with Crippen LogP contribution in [-0.4, -0.2) is 78.5 Å². The van der Waals surface area contributed by atoms with E-state index in [-0.39, 0.29) is 54.6 Å². The van der Waals surface area contributed by atoms with Gasteiger partial charge in [-0.05, 0) is 132 Å². The van der Waals surface area contributed by atoms with Gasteiger partial charge >= 0.3 is 0 Å². The van der Waals surface area contributed by atoms with Gasteiger partial charge in [0.1, 0.15) is 89.6 Å². The van der Waals surface area contributed by atoms with Crippen molar-refractivity contribution in [1.82, 2.24) is 0 Å². The lowest BCUT2D eigenvalue weighted by Gasteiger charge is -2.43. The Hall–Kier alpha value is -8.33. The predicted octanol–water partition coefficient (Wildman–Crippen LogP) is 5.39. The maximum absolute atomic E-state index is 7.27. The molecule has 0 atom stereocenters. The fourth-order valence-corrected chi connectivity index (χ4v) is 13.3. The van der Waals surface area contributed by atoms with Crippen LogP contribution in [0.3, 0.4) is 0 Å². The van der Waals surface area contributed by atoms with Gasteiger partial charge in [-0.25, -0.2) is 0 Å². The van der Waals surface area contributed by atoms with Crippen molar-refractivity contribution in [2.75, 3.05) is 4.90 Å². The van der Waals surface area contributed by atoms with E-state index in [0.717, 1.165) is 94.6 Å². The molecule has 0 fully saturated rings. The van der Waals surface area contributed by atoms with Crippen molar-refractivity contribution in [2.45, 2.75) is 10.8 Å². The normalized spacial score (nSPS) is 13.4. The highest BCUT2D eigenvalue weighted by Crippen LogP contribution is 2.59. The van der Waals surface area contributed by atoms with Crippen molar-refractivity contribution in [1.29, 1.82) is 0 Å². The molecule has 0 unspecified atom stereocenters. The monoisotopic (exact) mass is 991 g/mol. The highest BCUT2D eigenvalue weighted by atomic mass is 16.3. The Labute approximate surface area is 479 Å². The number of para-hydroxylation sites is 1. The third-order valence-corrected chi connectivity index (χ3v) is 16.9. The van der Waals surface area contributed by atoms with Crippen LogP contribution < -0.4 is 59.5 Å². The van der Waals surface area contributed by atoms with Gasteiger partial charge in [0.2, 0.25) is 0 Å². The molecule has 12 heteroatoms. The summed E-state index contributed by atoms with van der Waals surface area (Å²) in [4.78, 5) is 2.28. The number of furan rings is 1. The van der Waals surface area contributed by atoms with E-state index in [1.54, 1.807) is 0 Å². The molecule has 20 radical (unpaired) electrons. The molecule has 2 aliphatic carbocycles. The first-order chi connectivity index (χ1) is 38.8. The SMILES string of the molecule is [B]c1c([B])c([B])c(C2(c3c([B])c([B])c([B])c([B])c3[B])c3ccccc3-c3ccc(N(c4cccc(-c5ccc6oc7ccccc7c6c5)c4)c4ccc5c(c4)C(c4ccccc4)(c4ccccc4)c4ccccc4-5)cc32)c([B])c1[B]. The zero-order valence-corrected chi connectivity index (χ0v) is 43.3. The zero-order chi connectivity index (χ0) is 54.9. The van der Waals surface area contributed by atoms with Crippen molar-refractivity contribution in [3.63, 3.8) is 0 Å². The lowest BCUT2D eigenvalue weighted by atomic mass is 9.49. The summed E-state index contributed by atoms with van der Waals surface area (Å²) in [5, 5.41) is 2.07. The first-order valence-corrected chi connectivity index (χ1v) is 26.3. The number of hydrogen-bond acceptors (Lipinski definition) is 2. The molecule has 1 heterocycles. The summed E-state index contributed by atoms with van der Waals surface area (Å²) < 4.78 is 6.29. The van der Waals surface area contributed by atoms with E-state index in [9.17, 15) is 0 Å². The number of hydrogen-bond donors (Lipinski definition) is 0. The lowest BCUT2D eigenvalue weighted by Crippen LogP contribution is -2.63. The van der Waals surface area contributed by atoms with E-state index in [0.29, 0.717) is 16.7 Å². The van der Waals surface area contributed by atoms with Gasteiger partial charge in [0.25, 0.3) is 0 Å². The summed E-state index contributed by atoms with van der Waals surface area (Å²) in [5.74, 6) is 0. The average Bonchev–Trinajstić information content (AvgIpc) is 2.60. The lowest BCUT2D eigenvalue weighted by molar-refractivity contribution is 0.669. The van der Waals surface area contributed by atoms with E-state index < -0.39 is 10.8 Å². The molecule has 348 valence electrons. The van der Waals surface area contributed by atoms with Gasteiger partial charge in [-0.15, -0.1) is 54.6 Å². The molecule has 14 rings (SSSR count). The second-order valence-electron chi connectivity index (χ2n) is 20.9. The van der Waals surface area contributed by atoms with Crippen LogP contribution in [0.2, 0.25) is 0 Å². The number of benzene rings is 11. The van der Waals surface area contributed by atoms with Crippen LogP contribution in [0.15, 0.2) is 217 Å². The Morgan fingerprint density at radius 3 is 1.24 bits per heavy atom. The molecule has 0 aliphatic heterocycles. The third kappa shape index (κ3) is 6.93. The van der Waals surface area contributed by atoms with Gasteiger partial charge in [-0.2, -0.15) is 0 Å². The van der Waals surface area contributed by atoms with Crippen molar-refractivity contribution >= 4 is 172 Å². The molecule has 0 N–H and O–H groups in total. The number of nitrogens with zero attached hydrogens (tertiary/aromatic N) is 1. The molecule has 1 aromatic heterocycles. The fraction of sp³-hybridized carbons (Fsp3) is 0.0294. The van der Waals surface area contributed by atoms with Gasteiger partial charge in [0.15, 0.2) is 0 Å². The molecular formula is C68H35B10NO. The Morgan fingerprint density at radius 2 is 0.688 bits per heavy atom. The highest BCUT2D eigenvalue weighted by Gasteiger charge is 2.50. The molecule has 11 aromatic carbocycles. The number of fused-ring (bicyclic) bond motifs is 9. The highest BCUT2D eigenvalue weighted by molar-refractivity contribution is 6.69. The molecular weight excluding hydrogens is 955 g/mol. The summed E-state index contributed by atoms with van der Waals surface area (Å²) in [5.41, 5.74) is 15.0. The van der Waals surface area contributed by atoms with Crippen molar-refractivity contribution in [3.8, 4) is 33.4 Å². The number of anilines is 3. The Bertz CT molecular complexity index is 4410. The van der Waals surface area contributed by atoms with Crippen LogP contribution in [0.1, 0.15) is 44.5 Å². The summed E-state index contributed by atoms with van der Waals surface area (Å²) in [6, 6.07) is 74.4. The van der Waals surface area contributed by atoms with Gasteiger partial charge in [0, 0.05) is 27.8 Å². The Morgan fingerprint density at radius 1 is 0.275 bits per heavy atom. The van der Waals surface area contributed by atoms with Crippen molar-refractivity contribution < 1.29 is 4.42 Å². The maximum atomic E-state index is 7.27. The molecule has 0 amide bonds. The van der Waals surface area contributed by atoms with Crippen LogP contribution in [-0.2, 0) is 10.8 Å². The average molecular weight is 990 g/mol. The van der Waals surface area contributed by atoms with E-state index in [2.05, 4.69) is 169 Å². The summed E-state index contributed by atoms with van der Waals surface area (Å²) in [7, 11) is 69.6. The Balaban J connectivity index is 1.09. The fourth-order valence-electron chi connectivity index (χ4n) is 13.3.